The molecule has 2 rings (SSSR count). The van der Waals surface area contributed by atoms with Crippen LogP contribution in [0.3, 0.4) is 0 Å². The van der Waals surface area contributed by atoms with Crippen LogP contribution in [-0.4, -0.2) is 12.6 Å². The van der Waals surface area contributed by atoms with Crippen LogP contribution in [0.25, 0.3) is 0 Å². The highest BCUT2D eigenvalue weighted by molar-refractivity contribution is 5.74. The molecule has 3 nitrogen and oxygen atoms in total. The molecular formula is C10H9F3N2O. The van der Waals surface area contributed by atoms with Crippen LogP contribution in [0.2, 0.25) is 0 Å². The largest absolute Gasteiger partial charge is 0.462 e. The lowest BCUT2D eigenvalue weighted by molar-refractivity contribution is 0.256. The fourth-order valence-corrected chi connectivity index (χ4v) is 1.67. The highest BCUT2D eigenvalue weighted by Crippen LogP contribution is 2.34. The van der Waals surface area contributed by atoms with Gasteiger partial charge in [0.15, 0.2) is 11.6 Å². The van der Waals surface area contributed by atoms with Crippen molar-refractivity contribution in [3.05, 3.63) is 35.1 Å². The Morgan fingerprint density at radius 1 is 1.31 bits per heavy atom. The number of hydrogen-bond donors (Lipinski definition) is 1. The maximum absolute atomic E-state index is 13.5. The Labute approximate surface area is 89.7 Å². The summed E-state index contributed by atoms with van der Waals surface area (Å²) >= 11 is 0. The van der Waals surface area contributed by atoms with Gasteiger partial charge in [0.05, 0.1) is 5.56 Å². The van der Waals surface area contributed by atoms with Crippen molar-refractivity contribution in [1.82, 2.24) is 0 Å². The summed E-state index contributed by atoms with van der Waals surface area (Å²) in [5, 5.41) is 0. The molecule has 16 heavy (non-hydrogen) atoms. The van der Waals surface area contributed by atoms with Gasteiger partial charge in [-0.1, -0.05) is 0 Å². The van der Waals surface area contributed by atoms with Crippen molar-refractivity contribution >= 4 is 6.02 Å². The van der Waals surface area contributed by atoms with E-state index >= 15 is 0 Å². The van der Waals surface area contributed by atoms with E-state index in [2.05, 4.69) is 4.99 Å². The molecule has 1 heterocycles. The van der Waals surface area contributed by atoms with Gasteiger partial charge in [0.1, 0.15) is 18.0 Å². The predicted molar refractivity (Wildman–Crippen MR) is 51.2 cm³/mol. The molecule has 1 aliphatic rings. The first-order valence-corrected chi connectivity index (χ1v) is 4.56. The molecule has 86 valence electrons. The smallest absolute Gasteiger partial charge is 0.283 e. The molecule has 0 aromatic heterocycles. The van der Waals surface area contributed by atoms with Gasteiger partial charge in [0.25, 0.3) is 6.02 Å². The summed E-state index contributed by atoms with van der Waals surface area (Å²) < 4.78 is 44.9. The van der Waals surface area contributed by atoms with E-state index in [-0.39, 0.29) is 12.6 Å². The van der Waals surface area contributed by atoms with E-state index in [0.29, 0.717) is 0 Å². The SMILES string of the molecule is C[C@]1(c2c(F)ccc(F)c2F)COC(N)=N1. The molecule has 6 heteroatoms. The number of hydrogen-bond acceptors (Lipinski definition) is 3. The minimum absolute atomic E-state index is 0.115. The summed E-state index contributed by atoms with van der Waals surface area (Å²) in [5.41, 5.74) is 3.49. The van der Waals surface area contributed by atoms with E-state index in [9.17, 15) is 13.2 Å². The monoisotopic (exact) mass is 230 g/mol. The van der Waals surface area contributed by atoms with Crippen LogP contribution in [0, 0.1) is 17.5 Å². The van der Waals surface area contributed by atoms with Gasteiger partial charge in [-0.25, -0.2) is 18.2 Å². The van der Waals surface area contributed by atoms with Crippen molar-refractivity contribution in [1.29, 1.82) is 0 Å². The maximum Gasteiger partial charge on any atom is 0.283 e. The fraction of sp³-hybridized carbons (Fsp3) is 0.300. The Bertz CT molecular complexity index is 475. The summed E-state index contributed by atoms with van der Waals surface area (Å²) in [5.74, 6) is -3.26. The van der Waals surface area contributed by atoms with Crippen molar-refractivity contribution in [2.45, 2.75) is 12.5 Å². The molecule has 0 bridgehead atoms. The minimum atomic E-state index is -1.32. The van der Waals surface area contributed by atoms with Crippen molar-refractivity contribution in [3.63, 3.8) is 0 Å². The lowest BCUT2D eigenvalue weighted by Gasteiger charge is -2.20. The average molecular weight is 230 g/mol. The highest BCUT2D eigenvalue weighted by Gasteiger charge is 2.38. The third-order valence-corrected chi connectivity index (χ3v) is 2.44. The van der Waals surface area contributed by atoms with Gasteiger partial charge in [-0.2, -0.15) is 0 Å². The van der Waals surface area contributed by atoms with E-state index in [1.165, 1.54) is 6.92 Å². The van der Waals surface area contributed by atoms with Crippen LogP contribution in [-0.2, 0) is 10.3 Å². The fourth-order valence-electron chi connectivity index (χ4n) is 1.67. The molecule has 0 unspecified atom stereocenters. The molecule has 0 radical (unpaired) electrons. The molecule has 0 saturated carbocycles. The quantitative estimate of drug-likeness (QED) is 0.746. The van der Waals surface area contributed by atoms with Crippen LogP contribution in [0.15, 0.2) is 17.1 Å². The first-order chi connectivity index (χ1) is 7.44. The summed E-state index contributed by atoms with van der Waals surface area (Å²) in [6, 6.07) is 1.41. The van der Waals surface area contributed by atoms with Gasteiger partial charge in [-0.3, -0.25) is 0 Å². The molecular weight excluding hydrogens is 221 g/mol. The van der Waals surface area contributed by atoms with Gasteiger partial charge in [-0.05, 0) is 19.1 Å². The lowest BCUT2D eigenvalue weighted by Crippen LogP contribution is -2.24. The number of halogens is 3. The minimum Gasteiger partial charge on any atom is -0.462 e. The van der Waals surface area contributed by atoms with Gasteiger partial charge >= 0.3 is 0 Å². The summed E-state index contributed by atoms with van der Waals surface area (Å²) in [6.45, 7) is 1.31. The Hall–Kier alpha value is -1.72. The number of amidine groups is 1. The van der Waals surface area contributed by atoms with Crippen LogP contribution in [0.5, 0.6) is 0 Å². The standard InChI is InChI=1S/C10H9F3N2O/c1-10(4-16-9(14)15-10)7-5(11)2-3-6(12)8(7)13/h2-3H,4H2,1H3,(H2,14,15)/t10-/m1/s1. The van der Waals surface area contributed by atoms with Crippen LogP contribution in [0.4, 0.5) is 13.2 Å². The Balaban J connectivity index is 2.60. The van der Waals surface area contributed by atoms with Gasteiger partial charge in [0.2, 0.25) is 0 Å². The number of ether oxygens (including phenoxy) is 1. The first-order valence-electron chi connectivity index (χ1n) is 4.56. The van der Waals surface area contributed by atoms with Gasteiger partial charge < -0.3 is 10.5 Å². The zero-order valence-corrected chi connectivity index (χ0v) is 8.43. The van der Waals surface area contributed by atoms with Crippen molar-refractivity contribution in [2.75, 3.05) is 6.61 Å². The van der Waals surface area contributed by atoms with E-state index in [1.807, 2.05) is 0 Å². The second kappa shape index (κ2) is 3.40. The highest BCUT2D eigenvalue weighted by atomic mass is 19.2. The summed E-state index contributed by atoms with van der Waals surface area (Å²) in [6.07, 6.45) is 0. The first kappa shape index (κ1) is 10.8. The van der Waals surface area contributed by atoms with E-state index in [4.69, 9.17) is 10.5 Å². The topological polar surface area (TPSA) is 47.6 Å². The molecule has 0 fully saturated rings. The molecule has 1 aliphatic heterocycles. The van der Waals surface area contributed by atoms with Gasteiger partial charge in [-0.15, -0.1) is 0 Å². The number of aliphatic imine (C=N–C) groups is 1. The lowest BCUT2D eigenvalue weighted by atomic mass is 9.93. The molecule has 0 amide bonds. The van der Waals surface area contributed by atoms with Crippen molar-refractivity contribution < 1.29 is 17.9 Å². The number of nitrogens with two attached hydrogens (primary N) is 1. The number of nitrogens with zero attached hydrogens (tertiary/aromatic N) is 1. The van der Waals surface area contributed by atoms with E-state index < -0.39 is 28.6 Å². The number of benzene rings is 1. The van der Waals surface area contributed by atoms with Crippen molar-refractivity contribution in [2.24, 2.45) is 10.7 Å². The Kier molecular flexibility index (Phi) is 2.29. The second-order valence-corrected chi connectivity index (χ2v) is 3.73. The normalized spacial score (nSPS) is 24.1. The molecule has 0 saturated heterocycles. The zero-order valence-electron chi connectivity index (χ0n) is 8.43. The molecule has 0 aliphatic carbocycles. The molecule has 1 aromatic carbocycles. The molecule has 2 N–H and O–H groups in total. The Morgan fingerprint density at radius 2 is 1.94 bits per heavy atom. The Morgan fingerprint density at radius 3 is 2.50 bits per heavy atom. The van der Waals surface area contributed by atoms with E-state index in [0.717, 1.165) is 12.1 Å². The maximum atomic E-state index is 13.5. The average Bonchev–Trinajstić information content (AvgIpc) is 2.54. The molecule has 1 atom stereocenters. The second-order valence-electron chi connectivity index (χ2n) is 3.73. The third-order valence-electron chi connectivity index (χ3n) is 2.44. The van der Waals surface area contributed by atoms with Crippen molar-refractivity contribution in [3.8, 4) is 0 Å². The van der Waals surface area contributed by atoms with Crippen LogP contribution in [0.1, 0.15) is 12.5 Å². The van der Waals surface area contributed by atoms with Gasteiger partial charge in [0, 0.05) is 0 Å². The van der Waals surface area contributed by atoms with E-state index in [1.54, 1.807) is 0 Å². The third kappa shape index (κ3) is 1.50. The zero-order chi connectivity index (χ0) is 11.9. The molecule has 1 aromatic rings. The summed E-state index contributed by atoms with van der Waals surface area (Å²) in [4.78, 5) is 3.78. The molecule has 0 spiro atoms. The van der Waals surface area contributed by atoms with Crippen LogP contribution < -0.4 is 5.73 Å². The predicted octanol–water partition coefficient (Wildman–Crippen LogP) is 1.66. The van der Waals surface area contributed by atoms with Crippen LogP contribution >= 0.6 is 0 Å². The summed E-state index contributed by atoms with van der Waals surface area (Å²) in [7, 11) is 0. The number of rotatable bonds is 1.